The van der Waals surface area contributed by atoms with Crippen LogP contribution in [0, 0.1) is 0 Å². The average Bonchev–Trinajstić information content (AvgIpc) is 2.81. The predicted molar refractivity (Wildman–Crippen MR) is 86.0 cm³/mol. The number of nitrogens with two attached hydrogens (primary N) is 1. The van der Waals surface area contributed by atoms with Gasteiger partial charge in [-0.3, -0.25) is 4.79 Å². The Bertz CT molecular complexity index is 652. The zero-order valence-corrected chi connectivity index (χ0v) is 13.2. The maximum atomic E-state index is 12.7. The molecule has 0 atom stereocenters. The van der Waals surface area contributed by atoms with Gasteiger partial charge in [-0.15, -0.1) is 11.3 Å². The number of carbonyl (C=O) groups is 1. The predicted octanol–water partition coefficient (Wildman–Crippen LogP) is 2.34. The molecule has 114 valence electrons. The molecule has 21 heavy (non-hydrogen) atoms. The van der Waals surface area contributed by atoms with Crippen molar-refractivity contribution < 1.29 is 14.6 Å². The van der Waals surface area contributed by atoms with Crippen molar-refractivity contribution in [2.24, 2.45) is 0 Å². The quantitative estimate of drug-likeness (QED) is 0.889. The summed E-state index contributed by atoms with van der Waals surface area (Å²) >= 11 is 1.36. The molecular formula is C15H20N2O3S. The molecule has 0 fully saturated rings. The van der Waals surface area contributed by atoms with Crippen molar-refractivity contribution in [3.8, 4) is 5.75 Å². The van der Waals surface area contributed by atoms with E-state index in [2.05, 4.69) is 0 Å². The maximum Gasteiger partial charge on any atom is 0.266 e. The molecule has 2 rings (SSSR count). The van der Waals surface area contributed by atoms with Crippen molar-refractivity contribution in [2.75, 3.05) is 26.0 Å². The number of benzene rings is 1. The summed E-state index contributed by atoms with van der Waals surface area (Å²) in [4.78, 5) is 14.8. The number of anilines is 1. The average molecular weight is 308 g/mol. The highest BCUT2D eigenvalue weighted by atomic mass is 32.1. The normalized spacial score (nSPS) is 11.1. The van der Waals surface area contributed by atoms with E-state index < -0.39 is 0 Å². The van der Waals surface area contributed by atoms with Crippen molar-refractivity contribution in [3.63, 3.8) is 0 Å². The van der Waals surface area contributed by atoms with Gasteiger partial charge in [0.1, 0.15) is 10.6 Å². The van der Waals surface area contributed by atoms with Gasteiger partial charge in [-0.2, -0.15) is 0 Å². The van der Waals surface area contributed by atoms with E-state index in [1.807, 2.05) is 32.0 Å². The minimum Gasteiger partial charge on any atom is -0.496 e. The fourth-order valence-electron chi connectivity index (χ4n) is 2.30. The Morgan fingerprint density at radius 3 is 2.76 bits per heavy atom. The van der Waals surface area contributed by atoms with Crippen molar-refractivity contribution in [2.45, 2.75) is 19.9 Å². The van der Waals surface area contributed by atoms with Crippen LogP contribution >= 0.6 is 11.3 Å². The lowest BCUT2D eigenvalue weighted by molar-refractivity contribution is 0.0671. The molecule has 3 N–H and O–H groups in total. The third kappa shape index (κ3) is 2.82. The number of hydrogen-bond acceptors (Lipinski definition) is 5. The molecule has 0 bridgehead atoms. The number of carbonyl (C=O) groups excluding carboxylic acids is 1. The van der Waals surface area contributed by atoms with Crippen LogP contribution in [0.25, 0.3) is 10.1 Å². The monoisotopic (exact) mass is 308 g/mol. The number of nitrogens with zero attached hydrogens (tertiary/aromatic N) is 1. The topological polar surface area (TPSA) is 75.8 Å². The van der Waals surface area contributed by atoms with Crippen molar-refractivity contribution in [1.29, 1.82) is 0 Å². The Morgan fingerprint density at radius 1 is 1.48 bits per heavy atom. The van der Waals surface area contributed by atoms with E-state index in [0.29, 0.717) is 22.9 Å². The zero-order chi connectivity index (χ0) is 15.6. The summed E-state index contributed by atoms with van der Waals surface area (Å²) < 4.78 is 6.24. The maximum absolute atomic E-state index is 12.7. The molecule has 1 aromatic heterocycles. The molecule has 0 aliphatic rings. The Balaban J connectivity index is 2.51. The second kappa shape index (κ2) is 6.32. The van der Waals surface area contributed by atoms with Crippen LogP contribution in [0.3, 0.4) is 0 Å². The van der Waals surface area contributed by atoms with Crippen LogP contribution in [-0.2, 0) is 0 Å². The fourth-order valence-corrected chi connectivity index (χ4v) is 3.40. The number of fused-ring (bicyclic) bond motifs is 1. The van der Waals surface area contributed by atoms with Gasteiger partial charge in [0.15, 0.2) is 0 Å². The summed E-state index contributed by atoms with van der Waals surface area (Å²) in [5.41, 5.74) is 6.62. The van der Waals surface area contributed by atoms with Gasteiger partial charge >= 0.3 is 0 Å². The smallest absolute Gasteiger partial charge is 0.266 e. The summed E-state index contributed by atoms with van der Waals surface area (Å²) in [6, 6.07) is 5.62. The molecule has 1 amide bonds. The molecule has 0 unspecified atom stereocenters. The van der Waals surface area contributed by atoms with Gasteiger partial charge in [-0.1, -0.05) is 6.07 Å². The van der Waals surface area contributed by atoms with Crippen LogP contribution < -0.4 is 10.5 Å². The minimum absolute atomic E-state index is 0.00356. The largest absolute Gasteiger partial charge is 0.496 e. The van der Waals surface area contributed by atoms with Crippen LogP contribution in [0.15, 0.2) is 18.2 Å². The Kier molecular flexibility index (Phi) is 4.69. The van der Waals surface area contributed by atoms with E-state index in [1.165, 1.54) is 11.3 Å². The minimum atomic E-state index is -0.153. The lowest BCUT2D eigenvalue weighted by Gasteiger charge is -2.25. The summed E-state index contributed by atoms with van der Waals surface area (Å²) in [5.74, 6) is 0.512. The van der Waals surface area contributed by atoms with E-state index in [4.69, 9.17) is 15.6 Å². The SMILES string of the molecule is COc1cccc2sc(C(=O)N(CCO)C(C)C)c(N)c12. The molecule has 0 saturated carbocycles. The van der Waals surface area contributed by atoms with Gasteiger partial charge in [-0.25, -0.2) is 0 Å². The number of hydrogen-bond donors (Lipinski definition) is 2. The number of nitrogen functional groups attached to an aromatic ring is 1. The first-order valence-electron chi connectivity index (χ1n) is 6.78. The fraction of sp³-hybridized carbons (Fsp3) is 0.400. The second-order valence-electron chi connectivity index (χ2n) is 4.99. The van der Waals surface area contributed by atoms with Crippen LogP contribution in [0.1, 0.15) is 23.5 Å². The van der Waals surface area contributed by atoms with E-state index >= 15 is 0 Å². The summed E-state index contributed by atoms with van der Waals surface area (Å²) in [6.45, 7) is 4.05. The molecule has 0 saturated heterocycles. The second-order valence-corrected chi connectivity index (χ2v) is 6.05. The Morgan fingerprint density at radius 2 is 2.19 bits per heavy atom. The van der Waals surface area contributed by atoms with Crippen LogP contribution in [0.2, 0.25) is 0 Å². The molecular weight excluding hydrogens is 288 g/mol. The van der Waals surface area contributed by atoms with E-state index in [9.17, 15) is 4.79 Å². The highest BCUT2D eigenvalue weighted by Crippen LogP contribution is 2.40. The summed E-state index contributed by atoms with van der Waals surface area (Å²) in [5, 5.41) is 9.91. The van der Waals surface area contributed by atoms with Crippen LogP contribution in [-0.4, -0.2) is 42.2 Å². The van der Waals surface area contributed by atoms with E-state index in [1.54, 1.807) is 12.0 Å². The number of aliphatic hydroxyl groups excluding tert-OH is 1. The van der Waals surface area contributed by atoms with Crippen LogP contribution in [0.4, 0.5) is 5.69 Å². The number of aliphatic hydroxyl groups is 1. The van der Waals surface area contributed by atoms with Gasteiger partial charge in [0, 0.05) is 17.3 Å². The standard InChI is InChI=1S/C15H20N2O3S/c1-9(2)17(7-8-18)15(19)14-13(16)12-10(20-3)5-4-6-11(12)21-14/h4-6,9,18H,7-8,16H2,1-3H3. The Labute approximate surface area is 127 Å². The van der Waals surface area contributed by atoms with Gasteiger partial charge in [0.2, 0.25) is 0 Å². The first kappa shape index (κ1) is 15.6. The lowest BCUT2D eigenvalue weighted by atomic mass is 10.2. The number of thiophene rings is 1. The molecule has 1 aromatic carbocycles. The molecule has 1 heterocycles. The first-order chi connectivity index (χ1) is 10.0. The molecule has 0 aliphatic carbocycles. The van der Waals surface area contributed by atoms with Gasteiger partial charge in [0.25, 0.3) is 5.91 Å². The first-order valence-corrected chi connectivity index (χ1v) is 7.59. The number of rotatable bonds is 5. The highest BCUT2D eigenvalue weighted by Gasteiger charge is 2.24. The van der Waals surface area contributed by atoms with Gasteiger partial charge < -0.3 is 20.5 Å². The molecule has 0 aliphatic heterocycles. The zero-order valence-electron chi connectivity index (χ0n) is 12.4. The molecule has 5 nitrogen and oxygen atoms in total. The number of ether oxygens (including phenoxy) is 1. The molecule has 0 radical (unpaired) electrons. The van der Waals surface area contributed by atoms with Crippen LogP contribution in [0.5, 0.6) is 5.75 Å². The lowest BCUT2D eigenvalue weighted by Crippen LogP contribution is -2.38. The molecule has 0 spiro atoms. The highest BCUT2D eigenvalue weighted by molar-refractivity contribution is 7.21. The molecule has 2 aromatic rings. The van der Waals surface area contributed by atoms with Crippen molar-refractivity contribution in [3.05, 3.63) is 23.1 Å². The Hall–Kier alpha value is -1.79. The number of amides is 1. The summed E-state index contributed by atoms with van der Waals surface area (Å²) in [7, 11) is 1.58. The van der Waals surface area contributed by atoms with E-state index in [0.717, 1.165) is 10.1 Å². The molecule has 6 heteroatoms. The third-order valence-corrected chi connectivity index (χ3v) is 4.51. The van der Waals surface area contributed by atoms with E-state index in [-0.39, 0.29) is 18.6 Å². The van der Waals surface area contributed by atoms with Gasteiger partial charge in [0.05, 0.1) is 24.8 Å². The number of methoxy groups -OCH3 is 1. The summed E-state index contributed by atoms with van der Waals surface area (Å²) in [6.07, 6.45) is 0. The van der Waals surface area contributed by atoms with Crippen molar-refractivity contribution >= 4 is 33.0 Å². The third-order valence-electron chi connectivity index (χ3n) is 3.35. The van der Waals surface area contributed by atoms with Gasteiger partial charge in [-0.05, 0) is 26.0 Å². The van der Waals surface area contributed by atoms with Crippen molar-refractivity contribution in [1.82, 2.24) is 4.90 Å².